The smallest absolute Gasteiger partial charge is 0.230 e. The Morgan fingerprint density at radius 1 is 1.33 bits per heavy atom. The molecule has 1 heterocycles. The fourth-order valence-corrected chi connectivity index (χ4v) is 2.60. The first-order valence-corrected chi connectivity index (χ1v) is 7.70. The van der Waals surface area contributed by atoms with Gasteiger partial charge in [-0.15, -0.1) is 0 Å². The zero-order chi connectivity index (χ0) is 15.5. The number of nitrogens with one attached hydrogen (secondary N) is 2. The molecule has 1 aromatic rings. The second-order valence-corrected chi connectivity index (χ2v) is 6.41. The molecule has 4 heteroatoms. The SMILES string of the molecule is Cc1cc(OC(C)C)ccc1NC(=O)C1(C)CCNCC1. The highest BCUT2D eigenvalue weighted by molar-refractivity contribution is 5.95. The second-order valence-electron chi connectivity index (χ2n) is 6.41. The van der Waals surface area contributed by atoms with Gasteiger partial charge in [0.1, 0.15) is 5.75 Å². The maximum absolute atomic E-state index is 12.5. The van der Waals surface area contributed by atoms with Gasteiger partial charge in [0.05, 0.1) is 6.10 Å². The van der Waals surface area contributed by atoms with Crippen LogP contribution in [0.3, 0.4) is 0 Å². The van der Waals surface area contributed by atoms with Gasteiger partial charge in [-0.1, -0.05) is 6.92 Å². The van der Waals surface area contributed by atoms with Crippen LogP contribution < -0.4 is 15.4 Å². The number of hydrogen-bond donors (Lipinski definition) is 2. The lowest BCUT2D eigenvalue weighted by atomic mass is 9.80. The van der Waals surface area contributed by atoms with Crippen LogP contribution in [0.2, 0.25) is 0 Å². The number of amides is 1. The van der Waals surface area contributed by atoms with Gasteiger partial charge in [-0.2, -0.15) is 0 Å². The Morgan fingerprint density at radius 3 is 2.57 bits per heavy atom. The normalized spacial score (nSPS) is 17.6. The first kappa shape index (κ1) is 15.8. The van der Waals surface area contributed by atoms with E-state index in [9.17, 15) is 4.79 Å². The average Bonchev–Trinajstić information content (AvgIpc) is 2.42. The average molecular weight is 290 g/mol. The van der Waals surface area contributed by atoms with Crippen molar-refractivity contribution >= 4 is 11.6 Å². The first-order valence-electron chi connectivity index (χ1n) is 7.70. The number of rotatable bonds is 4. The summed E-state index contributed by atoms with van der Waals surface area (Å²) in [6.45, 7) is 9.86. The fraction of sp³-hybridized carbons (Fsp3) is 0.588. The highest BCUT2D eigenvalue weighted by Gasteiger charge is 2.34. The molecule has 1 amide bonds. The van der Waals surface area contributed by atoms with E-state index in [0.29, 0.717) is 0 Å². The summed E-state index contributed by atoms with van der Waals surface area (Å²) in [6, 6.07) is 5.81. The number of carbonyl (C=O) groups is 1. The molecule has 4 nitrogen and oxygen atoms in total. The van der Waals surface area contributed by atoms with Crippen LogP contribution in [0, 0.1) is 12.3 Å². The van der Waals surface area contributed by atoms with Crippen LogP contribution in [0.25, 0.3) is 0 Å². The molecule has 1 aromatic carbocycles. The van der Waals surface area contributed by atoms with E-state index in [4.69, 9.17) is 4.74 Å². The predicted molar refractivity (Wildman–Crippen MR) is 85.8 cm³/mol. The van der Waals surface area contributed by atoms with Gasteiger partial charge in [0.2, 0.25) is 5.91 Å². The molecule has 0 unspecified atom stereocenters. The third-order valence-corrected chi connectivity index (χ3v) is 4.07. The molecule has 2 rings (SSSR count). The quantitative estimate of drug-likeness (QED) is 0.896. The molecule has 21 heavy (non-hydrogen) atoms. The van der Waals surface area contributed by atoms with Gasteiger partial charge in [0.15, 0.2) is 0 Å². The second kappa shape index (κ2) is 6.48. The Morgan fingerprint density at radius 2 is 2.00 bits per heavy atom. The van der Waals surface area contributed by atoms with Crippen LogP contribution in [-0.4, -0.2) is 25.1 Å². The zero-order valence-electron chi connectivity index (χ0n) is 13.5. The number of piperidine rings is 1. The van der Waals surface area contributed by atoms with Gasteiger partial charge in [-0.25, -0.2) is 0 Å². The minimum absolute atomic E-state index is 0.115. The van der Waals surface area contributed by atoms with E-state index in [1.807, 2.05) is 39.0 Å². The summed E-state index contributed by atoms with van der Waals surface area (Å²) in [4.78, 5) is 12.5. The third kappa shape index (κ3) is 3.97. The van der Waals surface area contributed by atoms with Crippen LogP contribution in [0.5, 0.6) is 5.75 Å². The van der Waals surface area contributed by atoms with Crippen LogP contribution in [0.1, 0.15) is 39.2 Å². The Bertz CT molecular complexity index is 506. The lowest BCUT2D eigenvalue weighted by Gasteiger charge is -2.32. The van der Waals surface area contributed by atoms with Crippen LogP contribution >= 0.6 is 0 Å². The Hall–Kier alpha value is -1.55. The van der Waals surface area contributed by atoms with Gasteiger partial charge in [-0.3, -0.25) is 4.79 Å². The summed E-state index contributed by atoms with van der Waals surface area (Å²) in [7, 11) is 0. The molecule has 0 aliphatic carbocycles. The minimum Gasteiger partial charge on any atom is -0.491 e. The summed E-state index contributed by atoms with van der Waals surface area (Å²) < 4.78 is 5.67. The van der Waals surface area contributed by atoms with E-state index < -0.39 is 0 Å². The molecule has 0 bridgehead atoms. The standard InChI is InChI=1S/C17H26N2O2/c1-12(2)21-14-5-6-15(13(3)11-14)19-16(20)17(4)7-9-18-10-8-17/h5-6,11-12,18H,7-10H2,1-4H3,(H,19,20). The van der Waals surface area contributed by atoms with Crippen molar-refractivity contribution in [2.45, 2.75) is 46.6 Å². The van der Waals surface area contributed by atoms with Gasteiger partial charge in [0, 0.05) is 11.1 Å². The predicted octanol–water partition coefficient (Wildman–Crippen LogP) is 3.11. The van der Waals surface area contributed by atoms with Gasteiger partial charge < -0.3 is 15.4 Å². The molecule has 0 aromatic heterocycles. The highest BCUT2D eigenvalue weighted by atomic mass is 16.5. The van der Waals surface area contributed by atoms with E-state index in [0.717, 1.165) is 42.9 Å². The fourth-order valence-electron chi connectivity index (χ4n) is 2.60. The molecule has 0 spiro atoms. The number of hydrogen-bond acceptors (Lipinski definition) is 3. The van der Waals surface area contributed by atoms with Crippen LogP contribution in [-0.2, 0) is 4.79 Å². The lowest BCUT2D eigenvalue weighted by Crippen LogP contribution is -2.42. The van der Waals surface area contributed by atoms with E-state index in [2.05, 4.69) is 17.6 Å². The maximum atomic E-state index is 12.5. The van der Waals surface area contributed by atoms with Gasteiger partial charge >= 0.3 is 0 Å². The van der Waals surface area contributed by atoms with Crippen LogP contribution in [0.4, 0.5) is 5.69 Å². The summed E-state index contributed by atoms with van der Waals surface area (Å²) in [5.41, 5.74) is 1.63. The molecular weight excluding hydrogens is 264 g/mol. The number of anilines is 1. The van der Waals surface area contributed by atoms with Crippen molar-refractivity contribution in [3.63, 3.8) is 0 Å². The molecule has 1 aliphatic rings. The zero-order valence-corrected chi connectivity index (χ0v) is 13.5. The summed E-state index contributed by atoms with van der Waals surface area (Å²) in [6.07, 6.45) is 1.91. The van der Waals surface area contributed by atoms with Crippen molar-refractivity contribution in [2.75, 3.05) is 18.4 Å². The molecule has 2 N–H and O–H groups in total. The van der Waals surface area contributed by atoms with Crippen molar-refractivity contribution in [3.05, 3.63) is 23.8 Å². The molecule has 1 fully saturated rings. The molecule has 0 atom stereocenters. The molecule has 0 radical (unpaired) electrons. The highest BCUT2D eigenvalue weighted by Crippen LogP contribution is 2.31. The van der Waals surface area contributed by atoms with Crippen LogP contribution in [0.15, 0.2) is 18.2 Å². The Labute approximate surface area is 127 Å². The van der Waals surface area contributed by atoms with E-state index in [1.165, 1.54) is 0 Å². The molecular formula is C17H26N2O2. The number of ether oxygens (including phenoxy) is 1. The molecule has 116 valence electrons. The van der Waals surface area contributed by atoms with E-state index >= 15 is 0 Å². The largest absolute Gasteiger partial charge is 0.491 e. The Balaban J connectivity index is 2.07. The van der Waals surface area contributed by atoms with Gasteiger partial charge in [0.25, 0.3) is 0 Å². The first-order chi connectivity index (χ1) is 9.90. The van der Waals surface area contributed by atoms with E-state index in [-0.39, 0.29) is 17.4 Å². The molecule has 0 saturated carbocycles. The van der Waals surface area contributed by atoms with Crippen molar-refractivity contribution in [2.24, 2.45) is 5.41 Å². The summed E-state index contributed by atoms with van der Waals surface area (Å²) >= 11 is 0. The lowest BCUT2D eigenvalue weighted by molar-refractivity contribution is -0.126. The number of aryl methyl sites for hydroxylation is 1. The van der Waals surface area contributed by atoms with Crippen molar-refractivity contribution in [1.29, 1.82) is 0 Å². The summed E-state index contributed by atoms with van der Waals surface area (Å²) in [5, 5.41) is 6.38. The summed E-state index contributed by atoms with van der Waals surface area (Å²) in [5.74, 6) is 0.957. The van der Waals surface area contributed by atoms with E-state index in [1.54, 1.807) is 0 Å². The maximum Gasteiger partial charge on any atom is 0.230 e. The van der Waals surface area contributed by atoms with Gasteiger partial charge in [-0.05, 0) is 70.5 Å². The topological polar surface area (TPSA) is 50.4 Å². The molecule has 1 aliphatic heterocycles. The third-order valence-electron chi connectivity index (χ3n) is 4.07. The number of benzene rings is 1. The molecule has 1 saturated heterocycles. The minimum atomic E-state index is -0.273. The van der Waals surface area contributed by atoms with Crippen molar-refractivity contribution in [1.82, 2.24) is 5.32 Å². The van der Waals surface area contributed by atoms with Crippen molar-refractivity contribution in [3.8, 4) is 5.75 Å². The Kier molecular flexibility index (Phi) is 4.88. The monoisotopic (exact) mass is 290 g/mol. The van der Waals surface area contributed by atoms with Crippen molar-refractivity contribution < 1.29 is 9.53 Å². The number of carbonyl (C=O) groups excluding carboxylic acids is 1.